The summed E-state index contributed by atoms with van der Waals surface area (Å²) in [5.41, 5.74) is 3.12. The molecule has 0 spiro atoms. The number of amides is 2. The molecule has 0 heterocycles. The van der Waals surface area contributed by atoms with Gasteiger partial charge in [0, 0.05) is 16.9 Å². The molecule has 3 aromatic carbocycles. The number of benzene rings is 3. The van der Waals surface area contributed by atoms with Crippen LogP contribution in [-0.2, 0) is 0 Å². The number of carbonyl (C=O) groups excluding carboxylic acids is 2. The van der Waals surface area contributed by atoms with Gasteiger partial charge in [-0.2, -0.15) is 0 Å². The smallest absolute Gasteiger partial charge is 0.259 e. The maximum absolute atomic E-state index is 12.8. The van der Waals surface area contributed by atoms with Crippen molar-refractivity contribution >= 4 is 28.3 Å². The van der Waals surface area contributed by atoms with Gasteiger partial charge in [0.25, 0.3) is 11.8 Å². The highest BCUT2D eigenvalue weighted by atomic mass is 16.3. The molecule has 0 radical (unpaired) electrons. The zero-order chi connectivity index (χ0) is 21.1. The van der Waals surface area contributed by atoms with E-state index < -0.39 is 0 Å². The van der Waals surface area contributed by atoms with Crippen molar-refractivity contribution in [2.24, 2.45) is 0 Å². The predicted molar refractivity (Wildman–Crippen MR) is 119 cm³/mol. The van der Waals surface area contributed by atoms with Crippen LogP contribution in [0.15, 0.2) is 84.1 Å². The van der Waals surface area contributed by atoms with E-state index in [2.05, 4.69) is 16.7 Å². The molecular formula is C25H22N2O3. The largest absolute Gasteiger partial charge is 0.507 e. The van der Waals surface area contributed by atoms with Crippen LogP contribution < -0.4 is 10.6 Å². The first kappa shape index (κ1) is 19.5. The maximum Gasteiger partial charge on any atom is 0.259 e. The third-order valence-corrected chi connectivity index (χ3v) is 5.13. The van der Waals surface area contributed by atoms with Crippen LogP contribution in [0, 0.1) is 0 Å². The van der Waals surface area contributed by atoms with Gasteiger partial charge in [-0.1, -0.05) is 36.4 Å². The number of carbonyl (C=O) groups is 2. The lowest BCUT2D eigenvalue weighted by molar-refractivity contribution is 0.0963. The molecule has 0 aromatic heterocycles. The standard InChI is InChI=1S/C25H22N2O3/c1-16-7-5-6-10-22(16)27-25(30)21-14-19-13-18(12-11-17(19)15-23(21)28)24(29)26-20-8-3-2-4-9-20/h2-4,7-15,28H,5-6H2,1H3,(H,26,29)(H,27,30). The first-order valence-electron chi connectivity index (χ1n) is 9.83. The third kappa shape index (κ3) is 4.10. The van der Waals surface area contributed by atoms with Gasteiger partial charge in [0.1, 0.15) is 5.75 Å². The first-order valence-corrected chi connectivity index (χ1v) is 9.83. The predicted octanol–water partition coefficient (Wildman–Crippen LogP) is 5.15. The van der Waals surface area contributed by atoms with Gasteiger partial charge in [-0.05, 0) is 72.5 Å². The van der Waals surface area contributed by atoms with Gasteiger partial charge >= 0.3 is 0 Å². The summed E-state index contributed by atoms with van der Waals surface area (Å²) in [7, 11) is 0. The molecule has 0 unspecified atom stereocenters. The third-order valence-electron chi connectivity index (χ3n) is 5.13. The molecule has 2 amide bonds. The van der Waals surface area contributed by atoms with E-state index in [9.17, 15) is 14.7 Å². The second kappa shape index (κ2) is 8.25. The molecule has 30 heavy (non-hydrogen) atoms. The van der Waals surface area contributed by atoms with Crippen molar-refractivity contribution in [3.63, 3.8) is 0 Å². The van der Waals surface area contributed by atoms with Crippen LogP contribution in [0.1, 0.15) is 40.5 Å². The fourth-order valence-corrected chi connectivity index (χ4v) is 3.47. The lowest BCUT2D eigenvalue weighted by Gasteiger charge is -2.15. The summed E-state index contributed by atoms with van der Waals surface area (Å²) in [6, 6.07) is 17.5. The number of anilines is 1. The summed E-state index contributed by atoms with van der Waals surface area (Å²) in [5, 5.41) is 17.5. The molecule has 5 nitrogen and oxygen atoms in total. The van der Waals surface area contributed by atoms with Crippen molar-refractivity contribution < 1.29 is 14.7 Å². The molecule has 3 aromatic rings. The molecule has 0 saturated heterocycles. The fourth-order valence-electron chi connectivity index (χ4n) is 3.47. The highest BCUT2D eigenvalue weighted by Gasteiger charge is 2.16. The highest BCUT2D eigenvalue weighted by Crippen LogP contribution is 2.27. The Hall–Kier alpha value is -3.86. The minimum Gasteiger partial charge on any atom is -0.507 e. The highest BCUT2D eigenvalue weighted by molar-refractivity contribution is 6.08. The summed E-state index contributed by atoms with van der Waals surface area (Å²) in [6.07, 6.45) is 5.89. The van der Waals surface area contributed by atoms with Crippen LogP contribution in [-0.4, -0.2) is 16.9 Å². The van der Waals surface area contributed by atoms with Gasteiger partial charge in [-0.3, -0.25) is 9.59 Å². The number of hydrogen-bond acceptors (Lipinski definition) is 3. The fraction of sp³-hybridized carbons (Fsp3) is 0.120. The van der Waals surface area contributed by atoms with E-state index in [1.54, 1.807) is 30.3 Å². The number of phenols is 1. The van der Waals surface area contributed by atoms with Gasteiger partial charge < -0.3 is 15.7 Å². The maximum atomic E-state index is 12.8. The van der Waals surface area contributed by atoms with Crippen LogP contribution in [0.3, 0.4) is 0 Å². The van der Waals surface area contributed by atoms with E-state index in [-0.39, 0.29) is 23.1 Å². The van der Waals surface area contributed by atoms with Crippen molar-refractivity contribution in [1.82, 2.24) is 5.32 Å². The summed E-state index contributed by atoms with van der Waals surface area (Å²) < 4.78 is 0. The summed E-state index contributed by atoms with van der Waals surface area (Å²) in [6.45, 7) is 1.95. The minimum atomic E-state index is -0.380. The number of rotatable bonds is 4. The molecule has 1 aliphatic rings. The number of para-hydroxylation sites is 1. The molecule has 3 N–H and O–H groups in total. The van der Waals surface area contributed by atoms with Crippen molar-refractivity contribution in [1.29, 1.82) is 0 Å². The number of hydrogen-bond donors (Lipinski definition) is 3. The zero-order valence-electron chi connectivity index (χ0n) is 16.6. The second-order valence-electron chi connectivity index (χ2n) is 7.29. The number of phenolic OH excluding ortho intramolecular Hbond substituents is 1. The quantitative estimate of drug-likeness (QED) is 0.569. The van der Waals surface area contributed by atoms with Gasteiger partial charge in [0.15, 0.2) is 0 Å². The average Bonchev–Trinajstić information content (AvgIpc) is 2.75. The Balaban J connectivity index is 1.61. The number of nitrogens with one attached hydrogen (secondary N) is 2. The molecule has 0 aliphatic heterocycles. The molecular weight excluding hydrogens is 376 g/mol. The SMILES string of the molecule is CC1=CCCC=C1NC(=O)c1cc2cc(C(=O)Nc3ccccc3)ccc2cc1O. The van der Waals surface area contributed by atoms with Crippen LogP contribution in [0.2, 0.25) is 0 Å². The van der Waals surface area contributed by atoms with E-state index >= 15 is 0 Å². The van der Waals surface area contributed by atoms with Crippen molar-refractivity contribution in [3.05, 3.63) is 95.2 Å². The molecule has 0 fully saturated rings. The van der Waals surface area contributed by atoms with Gasteiger partial charge in [-0.25, -0.2) is 0 Å². The molecule has 1 aliphatic carbocycles. The van der Waals surface area contributed by atoms with E-state index in [1.807, 2.05) is 43.3 Å². The van der Waals surface area contributed by atoms with E-state index in [0.29, 0.717) is 16.6 Å². The van der Waals surface area contributed by atoms with E-state index in [4.69, 9.17) is 0 Å². The monoisotopic (exact) mass is 398 g/mol. The lowest BCUT2D eigenvalue weighted by Crippen LogP contribution is -2.24. The Morgan fingerprint density at radius 1 is 0.833 bits per heavy atom. The Morgan fingerprint density at radius 3 is 2.37 bits per heavy atom. The zero-order valence-corrected chi connectivity index (χ0v) is 16.6. The Bertz CT molecular complexity index is 1190. The summed E-state index contributed by atoms with van der Waals surface area (Å²) >= 11 is 0. The van der Waals surface area contributed by atoms with E-state index in [0.717, 1.165) is 29.5 Å². The molecule has 4 rings (SSSR count). The second-order valence-corrected chi connectivity index (χ2v) is 7.29. The van der Waals surface area contributed by atoms with Crippen molar-refractivity contribution in [2.45, 2.75) is 19.8 Å². The Kier molecular flexibility index (Phi) is 5.35. The molecule has 0 bridgehead atoms. The molecule has 5 heteroatoms. The summed E-state index contributed by atoms with van der Waals surface area (Å²) in [4.78, 5) is 25.4. The minimum absolute atomic E-state index is 0.0977. The number of fused-ring (bicyclic) bond motifs is 1. The van der Waals surface area contributed by atoms with Crippen LogP contribution >= 0.6 is 0 Å². The molecule has 150 valence electrons. The topological polar surface area (TPSA) is 78.4 Å². The van der Waals surface area contributed by atoms with Gasteiger partial charge in [-0.15, -0.1) is 0 Å². The Labute approximate surface area is 174 Å². The Morgan fingerprint density at radius 2 is 1.60 bits per heavy atom. The van der Waals surface area contributed by atoms with Gasteiger partial charge in [0.05, 0.1) is 5.56 Å². The first-order chi connectivity index (χ1) is 14.5. The molecule has 0 atom stereocenters. The van der Waals surface area contributed by atoms with E-state index in [1.165, 1.54) is 0 Å². The van der Waals surface area contributed by atoms with Crippen LogP contribution in [0.25, 0.3) is 10.8 Å². The van der Waals surface area contributed by atoms with Gasteiger partial charge in [0.2, 0.25) is 0 Å². The van der Waals surface area contributed by atoms with Crippen molar-refractivity contribution in [3.8, 4) is 5.75 Å². The normalized spacial score (nSPS) is 13.4. The number of allylic oxidation sites excluding steroid dienone is 3. The average molecular weight is 398 g/mol. The lowest BCUT2D eigenvalue weighted by atomic mass is 10.0. The molecule has 0 saturated carbocycles. The van der Waals surface area contributed by atoms with Crippen molar-refractivity contribution in [2.75, 3.05) is 5.32 Å². The summed E-state index contributed by atoms with van der Waals surface area (Å²) in [5.74, 6) is -0.718. The number of aromatic hydroxyl groups is 1. The van der Waals surface area contributed by atoms with Crippen LogP contribution in [0.5, 0.6) is 5.75 Å². The van der Waals surface area contributed by atoms with Crippen LogP contribution in [0.4, 0.5) is 5.69 Å².